The van der Waals surface area contributed by atoms with E-state index in [1.807, 2.05) is 0 Å². The molecule has 0 N–H and O–H groups in total. The fraction of sp³-hybridized carbons (Fsp3) is 0.455. The normalized spacial score (nSPS) is 15.8. The molecular weight excluding hydrogens is 278 g/mol. The zero-order valence-electron chi connectivity index (χ0n) is 14.4. The number of fused-ring (bicyclic) bond motifs is 2. The molecule has 1 heterocycles. The number of allylic oxidation sites excluding steroid dienone is 4. The van der Waals surface area contributed by atoms with Gasteiger partial charge in [-0.05, 0) is 42.2 Å². The summed E-state index contributed by atoms with van der Waals surface area (Å²) < 4.78 is 0. The molecule has 1 aliphatic carbocycles. The summed E-state index contributed by atoms with van der Waals surface area (Å²) in [4.78, 5) is 2.54. The minimum Gasteiger partial charge on any atom is -0.341 e. The van der Waals surface area contributed by atoms with Crippen LogP contribution >= 0.6 is 0 Å². The maximum absolute atomic E-state index is 2.54. The first-order chi connectivity index (χ1) is 11.4. The van der Waals surface area contributed by atoms with E-state index in [0.717, 1.165) is 13.0 Å². The second-order valence-corrected chi connectivity index (χ2v) is 6.69. The number of anilines is 1. The molecule has 0 bridgehead atoms. The molecule has 2 aliphatic rings. The van der Waals surface area contributed by atoms with Crippen molar-refractivity contribution < 1.29 is 0 Å². The fourth-order valence-electron chi connectivity index (χ4n) is 3.60. The summed E-state index contributed by atoms with van der Waals surface area (Å²) in [5, 5.41) is 0. The smallest absolute Gasteiger partial charge is 0.0484 e. The van der Waals surface area contributed by atoms with Crippen molar-refractivity contribution in [2.45, 2.75) is 58.3 Å². The van der Waals surface area contributed by atoms with Crippen LogP contribution in [-0.4, -0.2) is 6.54 Å². The lowest BCUT2D eigenvalue weighted by Gasteiger charge is -2.35. The molecule has 23 heavy (non-hydrogen) atoms. The molecule has 0 saturated carbocycles. The van der Waals surface area contributed by atoms with Crippen LogP contribution in [0.2, 0.25) is 0 Å². The molecule has 1 heteroatoms. The largest absolute Gasteiger partial charge is 0.341 e. The zero-order valence-corrected chi connectivity index (χ0v) is 14.4. The first-order valence-corrected chi connectivity index (χ1v) is 9.34. The van der Waals surface area contributed by atoms with Crippen molar-refractivity contribution in [2.75, 3.05) is 11.4 Å². The van der Waals surface area contributed by atoms with Crippen LogP contribution in [0.4, 0.5) is 5.69 Å². The van der Waals surface area contributed by atoms with Crippen LogP contribution in [0.25, 0.3) is 6.08 Å². The van der Waals surface area contributed by atoms with E-state index in [1.165, 1.54) is 67.5 Å². The van der Waals surface area contributed by atoms with Gasteiger partial charge in [0, 0.05) is 17.9 Å². The summed E-state index contributed by atoms with van der Waals surface area (Å²) in [6.45, 7) is 3.42. The minimum atomic E-state index is 1.06. The number of nitrogens with zero attached hydrogens (tertiary/aromatic N) is 1. The number of para-hydroxylation sites is 1. The summed E-state index contributed by atoms with van der Waals surface area (Å²) in [7, 11) is 0. The highest BCUT2D eigenvalue weighted by atomic mass is 15.1. The predicted molar refractivity (Wildman–Crippen MR) is 102 cm³/mol. The van der Waals surface area contributed by atoms with Crippen molar-refractivity contribution in [1.82, 2.24) is 0 Å². The molecule has 0 atom stereocenters. The standard InChI is InChI=1S/C22H29N/c1-2-3-4-5-6-7-12-17-23-21-15-10-8-13-19(21)18-20-14-9-11-16-22(20)23/h8-11,13,15-16,18H,2-7,12,14,17H2,1H3. The maximum atomic E-state index is 2.54. The van der Waals surface area contributed by atoms with Gasteiger partial charge in [-0.3, -0.25) is 0 Å². The van der Waals surface area contributed by atoms with E-state index in [2.05, 4.69) is 60.4 Å². The summed E-state index contributed by atoms with van der Waals surface area (Å²) in [5.41, 5.74) is 5.63. The Hall–Kier alpha value is -1.76. The van der Waals surface area contributed by atoms with E-state index in [-0.39, 0.29) is 0 Å². The highest BCUT2D eigenvalue weighted by Gasteiger charge is 2.22. The molecular formula is C22H29N. The number of rotatable bonds is 8. The van der Waals surface area contributed by atoms with Crippen LogP contribution in [0, 0.1) is 0 Å². The molecule has 0 amide bonds. The van der Waals surface area contributed by atoms with E-state index in [1.54, 1.807) is 0 Å². The molecule has 0 radical (unpaired) electrons. The molecule has 122 valence electrons. The highest BCUT2D eigenvalue weighted by molar-refractivity contribution is 5.80. The Kier molecular flexibility index (Phi) is 5.74. The Morgan fingerprint density at radius 1 is 0.957 bits per heavy atom. The van der Waals surface area contributed by atoms with Crippen molar-refractivity contribution in [3.8, 4) is 0 Å². The summed E-state index contributed by atoms with van der Waals surface area (Å²) in [5.74, 6) is 0. The van der Waals surface area contributed by atoms with Gasteiger partial charge in [0.05, 0.1) is 0 Å². The third kappa shape index (κ3) is 3.96. The van der Waals surface area contributed by atoms with Gasteiger partial charge in [-0.15, -0.1) is 0 Å². The topological polar surface area (TPSA) is 3.24 Å². The average Bonchev–Trinajstić information content (AvgIpc) is 2.60. The van der Waals surface area contributed by atoms with Gasteiger partial charge >= 0.3 is 0 Å². The van der Waals surface area contributed by atoms with Gasteiger partial charge in [0.25, 0.3) is 0 Å². The first kappa shape index (κ1) is 16.1. The second kappa shape index (κ2) is 8.19. The van der Waals surface area contributed by atoms with Crippen LogP contribution in [0.5, 0.6) is 0 Å². The Morgan fingerprint density at radius 2 is 1.74 bits per heavy atom. The van der Waals surface area contributed by atoms with Crippen molar-refractivity contribution in [1.29, 1.82) is 0 Å². The summed E-state index contributed by atoms with van der Waals surface area (Å²) in [6, 6.07) is 8.82. The predicted octanol–water partition coefficient (Wildman–Crippen LogP) is 6.48. The van der Waals surface area contributed by atoms with Crippen LogP contribution in [0.15, 0.2) is 53.8 Å². The van der Waals surface area contributed by atoms with Gasteiger partial charge in [0.1, 0.15) is 0 Å². The molecule has 0 aromatic heterocycles. The number of hydrogen-bond acceptors (Lipinski definition) is 1. The third-order valence-corrected chi connectivity index (χ3v) is 4.89. The van der Waals surface area contributed by atoms with Gasteiger partial charge in [-0.2, -0.15) is 0 Å². The van der Waals surface area contributed by atoms with E-state index < -0.39 is 0 Å². The summed E-state index contributed by atoms with van der Waals surface area (Å²) in [6.07, 6.45) is 19.7. The monoisotopic (exact) mass is 307 g/mol. The van der Waals surface area contributed by atoms with E-state index >= 15 is 0 Å². The Balaban J connectivity index is 1.62. The SMILES string of the molecule is CCCCCCCCCN1C2=CC=CCC2=Cc2ccccc21. The Labute approximate surface area is 141 Å². The van der Waals surface area contributed by atoms with Crippen molar-refractivity contribution in [3.63, 3.8) is 0 Å². The second-order valence-electron chi connectivity index (χ2n) is 6.69. The Morgan fingerprint density at radius 3 is 2.61 bits per heavy atom. The molecule has 0 unspecified atom stereocenters. The van der Waals surface area contributed by atoms with Crippen molar-refractivity contribution in [2.24, 2.45) is 0 Å². The van der Waals surface area contributed by atoms with E-state index in [4.69, 9.17) is 0 Å². The quantitative estimate of drug-likeness (QED) is 0.496. The van der Waals surface area contributed by atoms with Crippen LogP contribution in [-0.2, 0) is 0 Å². The molecule has 3 rings (SSSR count). The number of hydrogen-bond donors (Lipinski definition) is 0. The van der Waals surface area contributed by atoms with Gasteiger partial charge < -0.3 is 4.90 Å². The molecule has 1 aromatic carbocycles. The fourth-order valence-corrected chi connectivity index (χ4v) is 3.60. The van der Waals surface area contributed by atoms with Gasteiger partial charge in [-0.1, -0.05) is 75.8 Å². The van der Waals surface area contributed by atoms with E-state index in [0.29, 0.717) is 0 Å². The zero-order chi connectivity index (χ0) is 15.9. The van der Waals surface area contributed by atoms with E-state index in [9.17, 15) is 0 Å². The third-order valence-electron chi connectivity index (χ3n) is 4.89. The summed E-state index contributed by atoms with van der Waals surface area (Å²) >= 11 is 0. The van der Waals surface area contributed by atoms with Crippen LogP contribution < -0.4 is 4.90 Å². The minimum absolute atomic E-state index is 1.06. The Bertz CT molecular complexity index is 606. The number of unbranched alkanes of at least 4 members (excludes halogenated alkanes) is 6. The average molecular weight is 307 g/mol. The molecule has 1 aromatic rings. The molecule has 0 fully saturated rings. The van der Waals surface area contributed by atoms with Gasteiger partial charge in [-0.25, -0.2) is 0 Å². The lowest BCUT2D eigenvalue weighted by Crippen LogP contribution is -2.28. The molecule has 0 spiro atoms. The first-order valence-electron chi connectivity index (χ1n) is 9.34. The molecule has 0 saturated heterocycles. The van der Waals surface area contributed by atoms with Crippen molar-refractivity contribution in [3.05, 3.63) is 59.3 Å². The lowest BCUT2D eigenvalue weighted by molar-refractivity contribution is 0.589. The number of benzene rings is 1. The molecule has 1 aliphatic heterocycles. The van der Waals surface area contributed by atoms with Crippen LogP contribution in [0.1, 0.15) is 63.9 Å². The van der Waals surface area contributed by atoms with Gasteiger partial charge in [0.15, 0.2) is 0 Å². The molecule has 1 nitrogen and oxygen atoms in total. The lowest BCUT2D eigenvalue weighted by atomic mass is 9.94. The highest BCUT2D eigenvalue weighted by Crippen LogP contribution is 2.37. The van der Waals surface area contributed by atoms with Crippen LogP contribution in [0.3, 0.4) is 0 Å². The van der Waals surface area contributed by atoms with Crippen molar-refractivity contribution >= 4 is 11.8 Å². The maximum Gasteiger partial charge on any atom is 0.0484 e. The van der Waals surface area contributed by atoms with Gasteiger partial charge in [0.2, 0.25) is 0 Å².